The first-order valence-corrected chi connectivity index (χ1v) is 9.42. The standard InChI is InChI=1S/C18H18BrN3O2S/c1-10-15(8-20)18(21-11(2)17(10)12(3)23)25-9-16(24)22-14-6-4-13(19)5-7-14/h4-7,10,21H,9H2,1-3H3,(H,22,24)/t10-/m1/s1. The molecule has 2 N–H and O–H groups in total. The Morgan fingerprint density at radius 2 is 2.00 bits per heavy atom. The van der Waals surface area contributed by atoms with Crippen LogP contribution < -0.4 is 10.6 Å². The molecule has 1 atom stereocenters. The largest absolute Gasteiger partial charge is 0.353 e. The molecule has 2 rings (SSSR count). The van der Waals surface area contributed by atoms with Crippen molar-refractivity contribution in [3.05, 3.63) is 50.6 Å². The third-order valence-electron chi connectivity index (χ3n) is 3.79. The van der Waals surface area contributed by atoms with Crippen molar-refractivity contribution in [3.8, 4) is 6.07 Å². The van der Waals surface area contributed by atoms with Gasteiger partial charge in [-0.3, -0.25) is 9.59 Å². The molecular formula is C18H18BrN3O2S. The molecule has 0 spiro atoms. The van der Waals surface area contributed by atoms with E-state index in [2.05, 4.69) is 32.6 Å². The Kier molecular flexibility index (Phi) is 6.45. The summed E-state index contributed by atoms with van der Waals surface area (Å²) in [7, 11) is 0. The van der Waals surface area contributed by atoms with Crippen molar-refractivity contribution in [2.24, 2.45) is 5.92 Å². The maximum absolute atomic E-state index is 12.1. The van der Waals surface area contributed by atoms with Gasteiger partial charge in [0.1, 0.15) is 0 Å². The van der Waals surface area contributed by atoms with Gasteiger partial charge in [-0.25, -0.2) is 0 Å². The van der Waals surface area contributed by atoms with Gasteiger partial charge in [0, 0.05) is 27.3 Å². The Morgan fingerprint density at radius 1 is 1.36 bits per heavy atom. The number of Topliss-reactive ketones (excluding diaryl/α,β-unsaturated/α-hetero) is 1. The number of halogens is 1. The fraction of sp³-hybridized carbons (Fsp3) is 0.278. The Morgan fingerprint density at radius 3 is 2.56 bits per heavy atom. The predicted octanol–water partition coefficient (Wildman–Crippen LogP) is 3.96. The maximum Gasteiger partial charge on any atom is 0.234 e. The lowest BCUT2D eigenvalue weighted by atomic mass is 9.88. The smallest absolute Gasteiger partial charge is 0.234 e. The first kappa shape index (κ1) is 19.3. The number of anilines is 1. The Bertz CT molecular complexity index is 807. The first-order valence-electron chi connectivity index (χ1n) is 7.64. The van der Waals surface area contributed by atoms with Crippen LogP contribution in [0.3, 0.4) is 0 Å². The number of amides is 1. The van der Waals surface area contributed by atoms with Gasteiger partial charge in [0.2, 0.25) is 5.91 Å². The molecule has 1 aromatic rings. The maximum atomic E-state index is 12.1. The second kappa shape index (κ2) is 8.37. The number of hydrogen-bond donors (Lipinski definition) is 2. The van der Waals surface area contributed by atoms with E-state index in [1.54, 1.807) is 12.1 Å². The molecule has 0 bridgehead atoms. The molecule has 0 radical (unpaired) electrons. The zero-order valence-electron chi connectivity index (χ0n) is 14.1. The normalized spacial score (nSPS) is 17.0. The van der Waals surface area contributed by atoms with E-state index < -0.39 is 0 Å². The summed E-state index contributed by atoms with van der Waals surface area (Å²) in [5, 5.41) is 16.0. The minimum absolute atomic E-state index is 0.0534. The number of carbonyl (C=O) groups is 2. The second-order valence-corrected chi connectivity index (χ2v) is 7.54. The summed E-state index contributed by atoms with van der Waals surface area (Å²) < 4.78 is 0.938. The van der Waals surface area contributed by atoms with Crippen molar-refractivity contribution in [3.63, 3.8) is 0 Å². The lowest BCUT2D eigenvalue weighted by Crippen LogP contribution is -2.27. The van der Waals surface area contributed by atoms with Crippen molar-refractivity contribution < 1.29 is 9.59 Å². The molecule has 0 aliphatic carbocycles. The highest BCUT2D eigenvalue weighted by molar-refractivity contribution is 9.10. The molecule has 0 saturated heterocycles. The lowest BCUT2D eigenvalue weighted by molar-refractivity contribution is -0.114. The van der Waals surface area contributed by atoms with Gasteiger partial charge in [0.25, 0.3) is 0 Å². The van der Waals surface area contributed by atoms with E-state index in [1.165, 1.54) is 18.7 Å². The van der Waals surface area contributed by atoms with Crippen molar-refractivity contribution in [2.45, 2.75) is 20.8 Å². The van der Waals surface area contributed by atoms with Gasteiger partial charge in [0.15, 0.2) is 5.78 Å². The minimum Gasteiger partial charge on any atom is -0.353 e. The van der Waals surface area contributed by atoms with Gasteiger partial charge in [-0.15, -0.1) is 0 Å². The molecule has 1 aromatic carbocycles. The van der Waals surface area contributed by atoms with Crippen LogP contribution in [0.5, 0.6) is 0 Å². The predicted molar refractivity (Wildman–Crippen MR) is 104 cm³/mol. The number of nitrogens with one attached hydrogen (secondary N) is 2. The van der Waals surface area contributed by atoms with Crippen LogP contribution in [0.4, 0.5) is 5.69 Å². The van der Waals surface area contributed by atoms with Crippen LogP contribution in [0.25, 0.3) is 0 Å². The molecule has 7 heteroatoms. The van der Waals surface area contributed by atoms with E-state index in [-0.39, 0.29) is 23.4 Å². The third-order valence-corrected chi connectivity index (χ3v) is 5.34. The summed E-state index contributed by atoms with van der Waals surface area (Å²) in [4.78, 5) is 23.9. The Labute approximate surface area is 159 Å². The number of dihydropyridines is 1. The molecule has 1 aliphatic heterocycles. The molecule has 25 heavy (non-hydrogen) atoms. The number of nitrogens with zero attached hydrogens (tertiary/aromatic N) is 1. The number of thioether (sulfide) groups is 1. The van der Waals surface area contributed by atoms with Crippen LogP contribution >= 0.6 is 27.7 Å². The van der Waals surface area contributed by atoms with Crippen LogP contribution in [-0.4, -0.2) is 17.4 Å². The summed E-state index contributed by atoms with van der Waals surface area (Å²) in [6, 6.07) is 9.47. The molecule has 1 heterocycles. The second-order valence-electron chi connectivity index (χ2n) is 5.64. The van der Waals surface area contributed by atoms with Crippen LogP contribution in [0, 0.1) is 17.2 Å². The number of rotatable bonds is 5. The average Bonchev–Trinajstić information content (AvgIpc) is 2.54. The highest BCUT2D eigenvalue weighted by atomic mass is 79.9. The molecule has 0 fully saturated rings. The number of carbonyl (C=O) groups excluding carboxylic acids is 2. The molecule has 0 unspecified atom stereocenters. The zero-order chi connectivity index (χ0) is 18.6. The summed E-state index contributed by atoms with van der Waals surface area (Å²) in [5.74, 6) is -0.326. The number of nitriles is 1. The number of benzene rings is 1. The highest BCUT2D eigenvalue weighted by Crippen LogP contribution is 2.33. The average molecular weight is 420 g/mol. The quantitative estimate of drug-likeness (QED) is 0.754. The molecule has 1 amide bonds. The molecular weight excluding hydrogens is 402 g/mol. The van der Waals surface area contributed by atoms with Crippen molar-refractivity contribution in [1.29, 1.82) is 5.26 Å². The van der Waals surface area contributed by atoms with Gasteiger partial charge in [-0.1, -0.05) is 34.6 Å². The van der Waals surface area contributed by atoms with Gasteiger partial charge >= 0.3 is 0 Å². The van der Waals surface area contributed by atoms with Gasteiger partial charge in [-0.05, 0) is 38.1 Å². The lowest BCUT2D eigenvalue weighted by Gasteiger charge is -2.26. The van der Waals surface area contributed by atoms with Crippen LogP contribution in [-0.2, 0) is 9.59 Å². The van der Waals surface area contributed by atoms with E-state index >= 15 is 0 Å². The molecule has 0 saturated carbocycles. The third kappa shape index (κ3) is 4.74. The van der Waals surface area contributed by atoms with E-state index in [1.807, 2.05) is 26.0 Å². The topological polar surface area (TPSA) is 82.0 Å². The van der Waals surface area contributed by atoms with Gasteiger partial charge in [-0.2, -0.15) is 5.26 Å². The van der Waals surface area contributed by atoms with Crippen molar-refractivity contribution in [2.75, 3.05) is 11.1 Å². The van der Waals surface area contributed by atoms with Gasteiger partial charge in [0.05, 0.1) is 22.4 Å². The summed E-state index contributed by atoms with van der Waals surface area (Å²) in [6.07, 6.45) is 0. The molecule has 130 valence electrons. The summed E-state index contributed by atoms with van der Waals surface area (Å²) in [5.41, 5.74) is 2.54. The number of ketones is 1. The first-order chi connectivity index (χ1) is 11.8. The van der Waals surface area contributed by atoms with E-state index in [9.17, 15) is 14.9 Å². The Balaban J connectivity index is 2.05. The fourth-order valence-corrected chi connectivity index (χ4v) is 3.88. The van der Waals surface area contributed by atoms with Gasteiger partial charge < -0.3 is 10.6 Å². The fourth-order valence-electron chi connectivity index (χ4n) is 2.67. The van der Waals surface area contributed by atoms with E-state index in [0.29, 0.717) is 21.9 Å². The Hall–Kier alpha value is -2.04. The number of hydrogen-bond acceptors (Lipinski definition) is 5. The number of allylic oxidation sites excluding steroid dienone is 3. The summed E-state index contributed by atoms with van der Waals surface area (Å²) in [6.45, 7) is 5.14. The molecule has 1 aliphatic rings. The monoisotopic (exact) mass is 419 g/mol. The molecule has 5 nitrogen and oxygen atoms in total. The molecule has 0 aromatic heterocycles. The minimum atomic E-state index is -0.277. The van der Waals surface area contributed by atoms with E-state index in [0.717, 1.165) is 10.2 Å². The van der Waals surface area contributed by atoms with Crippen molar-refractivity contribution >= 4 is 45.1 Å². The van der Waals surface area contributed by atoms with Crippen LogP contribution in [0.2, 0.25) is 0 Å². The SMILES string of the molecule is CC(=O)C1=C(C)NC(SCC(=O)Nc2ccc(Br)cc2)=C(C#N)[C@H]1C. The van der Waals surface area contributed by atoms with Crippen molar-refractivity contribution in [1.82, 2.24) is 5.32 Å². The van der Waals surface area contributed by atoms with E-state index in [4.69, 9.17) is 0 Å². The summed E-state index contributed by atoms with van der Waals surface area (Å²) >= 11 is 4.61. The van der Waals surface area contributed by atoms with Crippen LogP contribution in [0.15, 0.2) is 50.6 Å². The highest BCUT2D eigenvalue weighted by Gasteiger charge is 2.28. The zero-order valence-corrected chi connectivity index (χ0v) is 16.5. The van der Waals surface area contributed by atoms with Crippen LogP contribution in [0.1, 0.15) is 20.8 Å².